The van der Waals surface area contributed by atoms with E-state index in [9.17, 15) is 14.9 Å². The number of hydrogen-bond donors (Lipinski definition) is 2. The van der Waals surface area contributed by atoms with Gasteiger partial charge in [-0.2, -0.15) is 0 Å². The van der Waals surface area contributed by atoms with Crippen molar-refractivity contribution in [1.29, 1.82) is 0 Å². The fourth-order valence-corrected chi connectivity index (χ4v) is 2.51. The van der Waals surface area contributed by atoms with E-state index in [1.165, 1.54) is 25.3 Å². The largest absolute Gasteiger partial charge is 0.495 e. The number of rotatable bonds is 6. The van der Waals surface area contributed by atoms with E-state index in [2.05, 4.69) is 10.6 Å². The lowest BCUT2D eigenvalue weighted by Gasteiger charge is -2.16. The Hall–Kier alpha value is -2.51. The minimum Gasteiger partial charge on any atom is -0.495 e. The summed E-state index contributed by atoms with van der Waals surface area (Å²) in [6, 6.07) is 8.28. The Balaban J connectivity index is 2.05. The molecule has 0 aliphatic heterocycles. The summed E-state index contributed by atoms with van der Waals surface area (Å²) < 4.78 is 5.07. The number of nitrogens with zero attached hydrogens (tertiary/aromatic N) is 1. The molecule has 0 aliphatic carbocycles. The first-order chi connectivity index (χ1) is 11.8. The third-order valence-electron chi connectivity index (χ3n) is 3.35. The number of nitro groups is 1. The predicted octanol–water partition coefficient (Wildman–Crippen LogP) is 4.35. The highest BCUT2D eigenvalue weighted by Crippen LogP contribution is 2.28. The molecule has 0 aliphatic rings. The first-order valence-electron chi connectivity index (χ1n) is 7.16. The number of ether oxygens (including phenoxy) is 1. The lowest BCUT2D eigenvalue weighted by Crippen LogP contribution is -2.31. The summed E-state index contributed by atoms with van der Waals surface area (Å²) in [5.74, 6) is 0.171. The number of halogens is 2. The second kappa shape index (κ2) is 8.04. The summed E-state index contributed by atoms with van der Waals surface area (Å²) in [7, 11) is 1.51. The zero-order valence-electron chi connectivity index (χ0n) is 13.4. The van der Waals surface area contributed by atoms with Gasteiger partial charge in [0.1, 0.15) is 11.8 Å². The van der Waals surface area contributed by atoms with E-state index in [1.54, 1.807) is 25.1 Å². The van der Waals surface area contributed by atoms with Gasteiger partial charge in [0.05, 0.1) is 27.8 Å². The molecule has 2 rings (SSSR count). The molecule has 1 amide bonds. The second-order valence-electron chi connectivity index (χ2n) is 5.13. The summed E-state index contributed by atoms with van der Waals surface area (Å²) in [6.45, 7) is 1.66. The fourth-order valence-electron chi connectivity index (χ4n) is 2.03. The van der Waals surface area contributed by atoms with Crippen LogP contribution in [0, 0.1) is 10.1 Å². The molecule has 2 aromatic carbocycles. The van der Waals surface area contributed by atoms with Crippen LogP contribution in [-0.2, 0) is 4.79 Å². The molecule has 9 heteroatoms. The normalized spacial score (nSPS) is 11.5. The maximum Gasteiger partial charge on any atom is 0.271 e. The Bertz CT molecular complexity index is 814. The van der Waals surface area contributed by atoms with Crippen molar-refractivity contribution < 1.29 is 14.5 Å². The Morgan fingerprint density at radius 3 is 2.48 bits per heavy atom. The number of amides is 1. The highest BCUT2D eigenvalue weighted by molar-refractivity contribution is 6.34. The average Bonchev–Trinajstić information content (AvgIpc) is 2.56. The molecule has 25 heavy (non-hydrogen) atoms. The molecule has 2 aromatic rings. The Morgan fingerprint density at radius 2 is 1.92 bits per heavy atom. The second-order valence-corrected chi connectivity index (χ2v) is 5.94. The number of nitro benzene ring substituents is 1. The number of nitrogens with one attached hydrogen (secondary N) is 2. The molecule has 0 radical (unpaired) electrons. The van der Waals surface area contributed by atoms with Crippen LogP contribution in [0.3, 0.4) is 0 Å². The number of methoxy groups -OCH3 is 1. The molecule has 0 bridgehead atoms. The van der Waals surface area contributed by atoms with Crippen LogP contribution < -0.4 is 15.4 Å². The third kappa shape index (κ3) is 4.74. The molecule has 1 atom stereocenters. The van der Waals surface area contributed by atoms with Crippen LogP contribution in [0.1, 0.15) is 6.92 Å². The van der Waals surface area contributed by atoms with E-state index < -0.39 is 11.0 Å². The van der Waals surface area contributed by atoms with Crippen molar-refractivity contribution in [3.8, 4) is 5.75 Å². The van der Waals surface area contributed by atoms with Crippen molar-refractivity contribution in [2.75, 3.05) is 17.7 Å². The number of carbonyl (C=O) groups excluding carboxylic acids is 1. The van der Waals surface area contributed by atoms with Gasteiger partial charge >= 0.3 is 0 Å². The summed E-state index contributed by atoms with van der Waals surface area (Å²) >= 11 is 12.0. The maximum atomic E-state index is 12.3. The first kappa shape index (κ1) is 18.8. The van der Waals surface area contributed by atoms with Crippen molar-refractivity contribution in [2.45, 2.75) is 13.0 Å². The highest BCUT2D eigenvalue weighted by atomic mass is 35.5. The molecule has 0 saturated heterocycles. The summed E-state index contributed by atoms with van der Waals surface area (Å²) in [4.78, 5) is 22.4. The first-order valence-corrected chi connectivity index (χ1v) is 7.92. The Kier molecular flexibility index (Phi) is 6.06. The van der Waals surface area contributed by atoms with Crippen molar-refractivity contribution in [1.82, 2.24) is 0 Å². The van der Waals surface area contributed by atoms with E-state index >= 15 is 0 Å². The van der Waals surface area contributed by atoms with Gasteiger partial charge in [-0.3, -0.25) is 14.9 Å². The molecule has 132 valence electrons. The minimum atomic E-state index is -0.601. The molecule has 0 aromatic heterocycles. The quantitative estimate of drug-likeness (QED) is 0.571. The number of hydrogen-bond acceptors (Lipinski definition) is 5. The van der Waals surface area contributed by atoms with E-state index in [4.69, 9.17) is 27.9 Å². The highest BCUT2D eigenvalue weighted by Gasteiger charge is 2.16. The number of carbonyl (C=O) groups is 1. The molecule has 0 fully saturated rings. The smallest absolute Gasteiger partial charge is 0.271 e. The van der Waals surface area contributed by atoms with Crippen LogP contribution >= 0.6 is 23.2 Å². The third-order valence-corrected chi connectivity index (χ3v) is 3.96. The van der Waals surface area contributed by atoms with Crippen LogP contribution in [-0.4, -0.2) is 24.0 Å². The van der Waals surface area contributed by atoms with E-state index in [0.29, 0.717) is 22.1 Å². The fraction of sp³-hybridized carbons (Fsp3) is 0.188. The van der Waals surface area contributed by atoms with Gasteiger partial charge in [-0.25, -0.2) is 0 Å². The van der Waals surface area contributed by atoms with Crippen molar-refractivity contribution in [3.05, 3.63) is 56.6 Å². The average molecular weight is 384 g/mol. The van der Waals surface area contributed by atoms with E-state index in [0.717, 1.165) is 0 Å². The summed E-state index contributed by atoms with van der Waals surface area (Å²) in [5, 5.41) is 16.8. The summed E-state index contributed by atoms with van der Waals surface area (Å²) in [5.41, 5.74) is 0.781. The topological polar surface area (TPSA) is 93.5 Å². The molecular weight excluding hydrogens is 369 g/mol. The maximum absolute atomic E-state index is 12.3. The van der Waals surface area contributed by atoms with Gasteiger partial charge in [-0.15, -0.1) is 0 Å². The molecule has 2 N–H and O–H groups in total. The van der Waals surface area contributed by atoms with Crippen LogP contribution in [0.4, 0.5) is 17.1 Å². The van der Waals surface area contributed by atoms with Gasteiger partial charge in [0, 0.05) is 17.8 Å². The van der Waals surface area contributed by atoms with Crippen molar-refractivity contribution in [3.63, 3.8) is 0 Å². The van der Waals surface area contributed by atoms with Crippen molar-refractivity contribution >= 4 is 46.2 Å². The van der Waals surface area contributed by atoms with E-state index in [-0.39, 0.29) is 16.6 Å². The predicted molar refractivity (Wildman–Crippen MR) is 97.8 cm³/mol. The van der Waals surface area contributed by atoms with Crippen LogP contribution in [0.2, 0.25) is 10.0 Å². The molecule has 0 heterocycles. The number of non-ortho nitro benzene ring substituents is 1. The molecule has 0 spiro atoms. The van der Waals surface area contributed by atoms with E-state index in [1.807, 2.05) is 0 Å². The molecule has 0 saturated carbocycles. The Morgan fingerprint density at radius 1 is 1.20 bits per heavy atom. The van der Waals surface area contributed by atoms with Gasteiger partial charge in [0.2, 0.25) is 5.91 Å². The van der Waals surface area contributed by atoms with Gasteiger partial charge in [-0.1, -0.05) is 23.2 Å². The van der Waals surface area contributed by atoms with Crippen LogP contribution in [0.25, 0.3) is 0 Å². The SMILES string of the molecule is COc1ccc(NC(C)C(=O)Nc2ccc([N+](=O)[O-])cc2Cl)cc1Cl. The van der Waals surface area contributed by atoms with Gasteiger partial charge < -0.3 is 15.4 Å². The van der Waals surface area contributed by atoms with Crippen LogP contribution in [0.15, 0.2) is 36.4 Å². The standard InChI is InChI=1S/C16H15Cl2N3O4/c1-9(19-10-3-6-15(25-2)13(18)7-10)16(22)20-14-5-4-11(21(23)24)8-12(14)17/h3-9,19H,1-2H3,(H,20,22). The lowest BCUT2D eigenvalue weighted by molar-refractivity contribution is -0.384. The minimum absolute atomic E-state index is 0.0854. The molecule has 1 unspecified atom stereocenters. The Labute approximate surface area is 154 Å². The van der Waals surface area contributed by atoms with Crippen molar-refractivity contribution in [2.24, 2.45) is 0 Å². The number of anilines is 2. The van der Waals surface area contributed by atoms with Gasteiger partial charge in [0.15, 0.2) is 0 Å². The lowest BCUT2D eigenvalue weighted by atomic mass is 10.2. The monoisotopic (exact) mass is 383 g/mol. The zero-order chi connectivity index (χ0) is 18.6. The van der Waals surface area contributed by atoms with Crippen LogP contribution in [0.5, 0.6) is 5.75 Å². The van der Waals surface area contributed by atoms with Gasteiger partial charge in [-0.05, 0) is 31.2 Å². The molecule has 7 nitrogen and oxygen atoms in total. The summed E-state index contributed by atoms with van der Waals surface area (Å²) in [6.07, 6.45) is 0. The number of benzene rings is 2. The van der Waals surface area contributed by atoms with Gasteiger partial charge in [0.25, 0.3) is 5.69 Å². The zero-order valence-corrected chi connectivity index (χ0v) is 14.9. The molecular formula is C16H15Cl2N3O4.